The lowest BCUT2D eigenvalue weighted by Crippen LogP contribution is -2.91. The first kappa shape index (κ1) is 12.3. The minimum absolute atomic E-state index is 0.824. The van der Waals surface area contributed by atoms with E-state index in [-0.39, 0.29) is 0 Å². The lowest BCUT2D eigenvalue weighted by Gasteiger charge is -2.19. The number of hydrogen-bond acceptors (Lipinski definition) is 1. The molecule has 1 aliphatic rings. The third-order valence-corrected chi connectivity index (χ3v) is 4.40. The average Bonchev–Trinajstić information content (AvgIpc) is 2.33. The van der Waals surface area contributed by atoms with E-state index in [0.717, 1.165) is 11.1 Å². The zero-order chi connectivity index (χ0) is 11.2. The molecule has 0 bridgehead atoms. The maximum Gasteiger partial charge on any atom is 0.0867 e. The quantitative estimate of drug-likeness (QED) is 0.820. The van der Waals surface area contributed by atoms with Crippen molar-refractivity contribution in [3.63, 3.8) is 0 Å². The van der Waals surface area contributed by atoms with Crippen LogP contribution in [0.4, 0.5) is 0 Å². The summed E-state index contributed by atoms with van der Waals surface area (Å²) in [5.74, 6) is 1.22. The summed E-state index contributed by atoms with van der Waals surface area (Å²) in [5, 5.41) is 3.34. The van der Waals surface area contributed by atoms with E-state index in [9.17, 15) is 0 Å². The van der Waals surface area contributed by atoms with Gasteiger partial charge in [0, 0.05) is 22.1 Å². The Hall–Kier alpha value is -0.180. The van der Waals surface area contributed by atoms with Crippen LogP contribution in [-0.4, -0.2) is 18.3 Å². The first-order valence-corrected chi connectivity index (χ1v) is 7.42. The van der Waals surface area contributed by atoms with Gasteiger partial charge < -0.3 is 5.32 Å². The molecular formula is C13H19ClNS+. The third-order valence-electron chi connectivity index (χ3n) is 3.10. The largest absolute Gasteiger partial charge is 0.344 e. The highest BCUT2D eigenvalue weighted by Crippen LogP contribution is 2.21. The Kier molecular flexibility index (Phi) is 5.01. The normalized spacial score (nSPS) is 20.9. The molecule has 2 rings (SSSR count). The smallest absolute Gasteiger partial charge is 0.0867 e. The molecule has 3 heteroatoms. The molecule has 1 fully saturated rings. The van der Waals surface area contributed by atoms with Crippen LogP contribution in [-0.2, 0) is 0 Å². The van der Waals surface area contributed by atoms with Crippen LogP contribution in [0.1, 0.15) is 25.7 Å². The standard InChI is InChI=1S/C13H18ClNS/c14-11-4-6-13(7-5-11)16-10-8-12-3-1-2-9-15-12/h4-7,12,15H,1-3,8-10H2/p+1/t12-/m0/s1. The number of quaternary nitrogens is 1. The molecule has 2 N–H and O–H groups in total. The Morgan fingerprint density at radius 1 is 1.25 bits per heavy atom. The van der Waals surface area contributed by atoms with Gasteiger partial charge in [-0.15, -0.1) is 11.8 Å². The fourth-order valence-corrected chi connectivity index (χ4v) is 3.25. The van der Waals surface area contributed by atoms with Gasteiger partial charge in [0.15, 0.2) is 0 Å². The lowest BCUT2D eigenvalue weighted by atomic mass is 10.0. The van der Waals surface area contributed by atoms with E-state index in [4.69, 9.17) is 11.6 Å². The predicted octanol–water partition coefficient (Wildman–Crippen LogP) is 2.94. The summed E-state index contributed by atoms with van der Waals surface area (Å²) in [6.45, 7) is 1.33. The van der Waals surface area contributed by atoms with Crippen molar-refractivity contribution < 1.29 is 5.32 Å². The van der Waals surface area contributed by atoms with Gasteiger partial charge in [0.1, 0.15) is 0 Å². The Balaban J connectivity index is 1.69. The molecule has 1 nitrogen and oxygen atoms in total. The second-order valence-electron chi connectivity index (χ2n) is 4.37. The summed E-state index contributed by atoms with van der Waals surface area (Å²) in [5.41, 5.74) is 0. The highest BCUT2D eigenvalue weighted by molar-refractivity contribution is 7.99. The van der Waals surface area contributed by atoms with Crippen LogP contribution in [0.5, 0.6) is 0 Å². The molecule has 1 aromatic rings. The molecule has 0 radical (unpaired) electrons. The second kappa shape index (κ2) is 6.53. The van der Waals surface area contributed by atoms with E-state index in [2.05, 4.69) is 17.4 Å². The topological polar surface area (TPSA) is 16.6 Å². The summed E-state index contributed by atoms with van der Waals surface area (Å²) in [4.78, 5) is 1.33. The summed E-state index contributed by atoms with van der Waals surface area (Å²) in [7, 11) is 0. The van der Waals surface area contributed by atoms with E-state index < -0.39 is 0 Å². The summed E-state index contributed by atoms with van der Waals surface area (Å²) in [6.07, 6.45) is 5.56. The summed E-state index contributed by atoms with van der Waals surface area (Å²) >= 11 is 7.80. The van der Waals surface area contributed by atoms with Gasteiger partial charge in [-0.2, -0.15) is 0 Å². The molecule has 16 heavy (non-hydrogen) atoms. The van der Waals surface area contributed by atoms with Crippen LogP contribution < -0.4 is 5.32 Å². The van der Waals surface area contributed by atoms with Crippen molar-refractivity contribution >= 4 is 23.4 Å². The molecule has 0 aromatic heterocycles. The van der Waals surface area contributed by atoms with Gasteiger partial charge in [-0.05, 0) is 43.5 Å². The number of halogens is 1. The van der Waals surface area contributed by atoms with E-state index in [1.807, 2.05) is 23.9 Å². The van der Waals surface area contributed by atoms with Gasteiger partial charge in [-0.1, -0.05) is 11.6 Å². The third kappa shape index (κ3) is 4.00. The van der Waals surface area contributed by atoms with Gasteiger partial charge >= 0.3 is 0 Å². The minimum atomic E-state index is 0.824. The molecule has 1 aliphatic heterocycles. The van der Waals surface area contributed by atoms with Crippen molar-refractivity contribution in [2.24, 2.45) is 0 Å². The maximum absolute atomic E-state index is 5.85. The summed E-state index contributed by atoms with van der Waals surface area (Å²) < 4.78 is 0. The maximum atomic E-state index is 5.85. The first-order chi connectivity index (χ1) is 7.84. The van der Waals surface area contributed by atoms with Gasteiger partial charge in [-0.3, -0.25) is 0 Å². The number of piperidine rings is 1. The molecule has 0 amide bonds. The molecule has 1 atom stereocenters. The Bertz CT molecular complexity index is 306. The average molecular weight is 257 g/mol. The molecule has 88 valence electrons. The molecular weight excluding hydrogens is 238 g/mol. The number of nitrogens with two attached hydrogens (primary N) is 1. The molecule has 0 saturated carbocycles. The lowest BCUT2D eigenvalue weighted by molar-refractivity contribution is -0.697. The number of thioether (sulfide) groups is 1. The van der Waals surface area contributed by atoms with Gasteiger partial charge in [0.25, 0.3) is 0 Å². The van der Waals surface area contributed by atoms with E-state index in [0.29, 0.717) is 0 Å². The highest BCUT2D eigenvalue weighted by Gasteiger charge is 2.15. The molecule has 1 aromatic carbocycles. The van der Waals surface area contributed by atoms with Gasteiger partial charge in [-0.25, -0.2) is 0 Å². The SMILES string of the molecule is Clc1ccc(SCC[C@@H]2CCCC[NH2+]2)cc1. The summed E-state index contributed by atoms with van der Waals surface area (Å²) in [6, 6.07) is 9.02. The van der Waals surface area contributed by atoms with Crippen LogP contribution in [0.15, 0.2) is 29.2 Å². The van der Waals surface area contributed by atoms with Crippen LogP contribution in [0, 0.1) is 0 Å². The van der Waals surface area contributed by atoms with Gasteiger partial charge in [0.2, 0.25) is 0 Å². The number of rotatable bonds is 4. The van der Waals surface area contributed by atoms with Crippen molar-refractivity contribution in [3.8, 4) is 0 Å². The minimum Gasteiger partial charge on any atom is -0.344 e. The molecule has 1 saturated heterocycles. The van der Waals surface area contributed by atoms with Crippen molar-refractivity contribution in [1.82, 2.24) is 0 Å². The first-order valence-electron chi connectivity index (χ1n) is 6.06. The van der Waals surface area contributed by atoms with Crippen LogP contribution in [0.25, 0.3) is 0 Å². The van der Waals surface area contributed by atoms with Crippen molar-refractivity contribution in [3.05, 3.63) is 29.3 Å². The van der Waals surface area contributed by atoms with E-state index in [1.165, 1.54) is 42.9 Å². The Morgan fingerprint density at radius 2 is 2.06 bits per heavy atom. The number of benzene rings is 1. The van der Waals surface area contributed by atoms with Crippen LogP contribution >= 0.6 is 23.4 Å². The van der Waals surface area contributed by atoms with E-state index in [1.54, 1.807) is 0 Å². The van der Waals surface area contributed by atoms with Crippen molar-refractivity contribution in [1.29, 1.82) is 0 Å². The predicted molar refractivity (Wildman–Crippen MR) is 71.2 cm³/mol. The Morgan fingerprint density at radius 3 is 2.75 bits per heavy atom. The molecule has 0 unspecified atom stereocenters. The Labute approximate surface area is 107 Å². The highest BCUT2D eigenvalue weighted by atomic mass is 35.5. The number of hydrogen-bond donors (Lipinski definition) is 1. The van der Waals surface area contributed by atoms with Gasteiger partial charge in [0.05, 0.1) is 12.6 Å². The van der Waals surface area contributed by atoms with Crippen molar-refractivity contribution in [2.75, 3.05) is 12.3 Å². The van der Waals surface area contributed by atoms with E-state index >= 15 is 0 Å². The van der Waals surface area contributed by atoms with Crippen molar-refractivity contribution in [2.45, 2.75) is 36.6 Å². The molecule has 0 spiro atoms. The van der Waals surface area contributed by atoms with Crippen LogP contribution in [0.2, 0.25) is 5.02 Å². The molecule has 0 aliphatic carbocycles. The molecule has 1 heterocycles. The second-order valence-corrected chi connectivity index (χ2v) is 5.98. The fourth-order valence-electron chi connectivity index (χ4n) is 2.14. The zero-order valence-electron chi connectivity index (χ0n) is 9.49. The fraction of sp³-hybridized carbons (Fsp3) is 0.538. The monoisotopic (exact) mass is 256 g/mol. The zero-order valence-corrected chi connectivity index (χ0v) is 11.1. The van der Waals surface area contributed by atoms with Crippen LogP contribution in [0.3, 0.4) is 0 Å².